The minimum atomic E-state index is -1.12. The molecule has 1 amide bonds. The molecule has 34 heavy (non-hydrogen) atoms. The van der Waals surface area contributed by atoms with Gasteiger partial charge in [0.25, 0.3) is 5.91 Å². The van der Waals surface area contributed by atoms with E-state index in [1.54, 1.807) is 56.7 Å². The molecule has 0 saturated heterocycles. The number of nitrogens with zero attached hydrogens (tertiary/aromatic N) is 3. The standard InChI is InChI=1S/C26H23N3O5/c1-32-21-13-12-17(15-22(21)33-2)23-27-24(34-28-23)20(14-16-8-4-3-5-9-16)29-25(30)18-10-6-7-11-19(18)26(29)31/h3-13,15,20,25,30H,14H2,1-2H3. The van der Waals surface area contributed by atoms with E-state index < -0.39 is 12.3 Å². The molecule has 8 nitrogen and oxygen atoms in total. The number of hydrogen-bond acceptors (Lipinski definition) is 7. The van der Waals surface area contributed by atoms with Gasteiger partial charge >= 0.3 is 0 Å². The fourth-order valence-electron chi connectivity index (χ4n) is 4.23. The highest BCUT2D eigenvalue weighted by Gasteiger charge is 2.42. The van der Waals surface area contributed by atoms with Crippen LogP contribution < -0.4 is 9.47 Å². The number of aliphatic hydroxyl groups excluding tert-OH is 1. The summed E-state index contributed by atoms with van der Waals surface area (Å²) in [5, 5.41) is 15.2. The molecule has 4 aromatic rings. The number of fused-ring (bicyclic) bond motifs is 1. The second-order valence-electron chi connectivity index (χ2n) is 7.90. The monoisotopic (exact) mass is 457 g/mol. The van der Waals surface area contributed by atoms with E-state index in [2.05, 4.69) is 10.1 Å². The van der Waals surface area contributed by atoms with Crippen molar-refractivity contribution >= 4 is 5.91 Å². The van der Waals surface area contributed by atoms with Crippen molar-refractivity contribution in [3.8, 4) is 22.9 Å². The number of ether oxygens (including phenoxy) is 2. The van der Waals surface area contributed by atoms with Gasteiger partial charge in [0.15, 0.2) is 17.7 Å². The Balaban J connectivity index is 1.54. The van der Waals surface area contributed by atoms with Gasteiger partial charge in [-0.05, 0) is 29.8 Å². The molecule has 0 saturated carbocycles. The van der Waals surface area contributed by atoms with Crippen LogP contribution in [-0.2, 0) is 6.42 Å². The van der Waals surface area contributed by atoms with Crippen LogP contribution >= 0.6 is 0 Å². The van der Waals surface area contributed by atoms with E-state index in [-0.39, 0.29) is 11.8 Å². The highest BCUT2D eigenvalue weighted by atomic mass is 16.5. The lowest BCUT2D eigenvalue weighted by atomic mass is 10.0. The molecule has 5 rings (SSSR count). The Morgan fingerprint density at radius 2 is 1.74 bits per heavy atom. The molecule has 0 bridgehead atoms. The topological polar surface area (TPSA) is 97.9 Å². The minimum absolute atomic E-state index is 0.230. The zero-order valence-corrected chi connectivity index (χ0v) is 18.7. The van der Waals surface area contributed by atoms with Gasteiger partial charge in [-0.3, -0.25) is 9.69 Å². The van der Waals surface area contributed by atoms with E-state index in [1.807, 2.05) is 30.3 Å². The number of aliphatic hydroxyl groups is 1. The second-order valence-corrected chi connectivity index (χ2v) is 7.90. The third-order valence-electron chi connectivity index (χ3n) is 5.94. The molecular weight excluding hydrogens is 434 g/mol. The Morgan fingerprint density at radius 3 is 2.47 bits per heavy atom. The van der Waals surface area contributed by atoms with E-state index in [0.29, 0.717) is 40.4 Å². The van der Waals surface area contributed by atoms with Crippen molar-refractivity contribution in [3.63, 3.8) is 0 Å². The summed E-state index contributed by atoms with van der Waals surface area (Å²) in [4.78, 5) is 19.3. The minimum Gasteiger partial charge on any atom is -0.493 e. The summed E-state index contributed by atoms with van der Waals surface area (Å²) in [6.45, 7) is 0. The van der Waals surface area contributed by atoms with Crippen LogP contribution in [0.15, 0.2) is 77.3 Å². The lowest BCUT2D eigenvalue weighted by molar-refractivity contribution is -0.0104. The predicted molar refractivity (Wildman–Crippen MR) is 123 cm³/mol. The highest BCUT2D eigenvalue weighted by molar-refractivity contribution is 5.99. The third kappa shape index (κ3) is 3.78. The largest absolute Gasteiger partial charge is 0.493 e. The van der Waals surface area contributed by atoms with Crippen LogP contribution in [0.3, 0.4) is 0 Å². The molecule has 2 atom stereocenters. The molecule has 172 valence electrons. The Bertz CT molecular complexity index is 1320. The summed E-state index contributed by atoms with van der Waals surface area (Å²) in [5.74, 6) is 1.41. The second kappa shape index (κ2) is 8.99. The number of aromatic nitrogens is 2. The van der Waals surface area contributed by atoms with Crippen molar-refractivity contribution in [2.75, 3.05) is 14.2 Å². The normalized spacial score (nSPS) is 15.8. The lowest BCUT2D eigenvalue weighted by Crippen LogP contribution is -2.34. The van der Waals surface area contributed by atoms with Crippen LogP contribution in [0.1, 0.15) is 39.6 Å². The zero-order valence-electron chi connectivity index (χ0n) is 18.7. The smallest absolute Gasteiger partial charge is 0.257 e. The Morgan fingerprint density at radius 1 is 1.00 bits per heavy atom. The Hall–Kier alpha value is -4.17. The van der Waals surface area contributed by atoms with Crippen LogP contribution in [0.4, 0.5) is 0 Å². The predicted octanol–water partition coefficient (Wildman–Crippen LogP) is 4.18. The molecule has 1 N–H and O–H groups in total. The first kappa shape index (κ1) is 21.7. The quantitative estimate of drug-likeness (QED) is 0.444. The molecule has 0 fully saturated rings. The SMILES string of the molecule is COc1ccc(-c2noc(C(Cc3ccccc3)N3C(=O)c4ccccc4C3O)n2)cc1OC. The maximum atomic E-state index is 13.3. The summed E-state index contributed by atoms with van der Waals surface area (Å²) < 4.78 is 16.3. The van der Waals surface area contributed by atoms with Gasteiger partial charge in [-0.1, -0.05) is 53.7 Å². The maximum absolute atomic E-state index is 13.3. The van der Waals surface area contributed by atoms with Gasteiger partial charge in [0.1, 0.15) is 6.04 Å². The van der Waals surface area contributed by atoms with Crippen LogP contribution in [0.2, 0.25) is 0 Å². The fourth-order valence-corrected chi connectivity index (χ4v) is 4.23. The van der Waals surface area contributed by atoms with Gasteiger partial charge in [-0.15, -0.1) is 0 Å². The van der Waals surface area contributed by atoms with Gasteiger partial charge in [-0.25, -0.2) is 0 Å². The zero-order chi connectivity index (χ0) is 23.7. The molecular formula is C26H23N3O5. The first-order chi connectivity index (χ1) is 16.6. The van der Waals surface area contributed by atoms with E-state index >= 15 is 0 Å². The summed E-state index contributed by atoms with van der Waals surface area (Å²) in [6, 6.07) is 21.4. The number of hydrogen-bond donors (Lipinski definition) is 1. The molecule has 1 aromatic heterocycles. The molecule has 3 aromatic carbocycles. The average Bonchev–Trinajstić information content (AvgIpc) is 3.47. The summed E-state index contributed by atoms with van der Waals surface area (Å²) in [5.41, 5.74) is 2.66. The van der Waals surface area contributed by atoms with E-state index in [4.69, 9.17) is 14.0 Å². The third-order valence-corrected chi connectivity index (χ3v) is 5.94. The molecule has 0 radical (unpaired) electrons. The van der Waals surface area contributed by atoms with Crippen molar-refractivity contribution in [1.29, 1.82) is 0 Å². The molecule has 8 heteroatoms. The van der Waals surface area contributed by atoms with E-state index in [1.165, 1.54) is 4.90 Å². The van der Waals surface area contributed by atoms with Crippen LogP contribution in [-0.4, -0.2) is 40.3 Å². The van der Waals surface area contributed by atoms with Crippen molar-refractivity contribution < 1.29 is 23.9 Å². The number of rotatable bonds is 7. The van der Waals surface area contributed by atoms with Gasteiger partial charge < -0.3 is 19.1 Å². The summed E-state index contributed by atoms with van der Waals surface area (Å²) in [7, 11) is 3.12. The van der Waals surface area contributed by atoms with Crippen LogP contribution in [0.5, 0.6) is 11.5 Å². The molecule has 1 aliphatic rings. The van der Waals surface area contributed by atoms with E-state index in [0.717, 1.165) is 5.56 Å². The summed E-state index contributed by atoms with van der Waals surface area (Å²) >= 11 is 0. The van der Waals surface area contributed by atoms with Gasteiger partial charge in [0.05, 0.1) is 14.2 Å². The lowest BCUT2D eigenvalue weighted by Gasteiger charge is -2.28. The number of carbonyl (C=O) groups excluding carboxylic acids is 1. The Kier molecular flexibility index (Phi) is 5.73. The number of benzene rings is 3. The van der Waals surface area contributed by atoms with Crippen LogP contribution in [0, 0.1) is 0 Å². The first-order valence-corrected chi connectivity index (χ1v) is 10.8. The number of amides is 1. The first-order valence-electron chi connectivity index (χ1n) is 10.8. The van der Waals surface area contributed by atoms with Gasteiger partial charge in [-0.2, -0.15) is 4.98 Å². The van der Waals surface area contributed by atoms with Crippen molar-refractivity contribution in [3.05, 3.63) is 95.4 Å². The number of methoxy groups -OCH3 is 2. The molecule has 0 spiro atoms. The molecule has 0 aliphatic carbocycles. The average molecular weight is 457 g/mol. The Labute approximate surface area is 196 Å². The van der Waals surface area contributed by atoms with E-state index in [9.17, 15) is 9.90 Å². The van der Waals surface area contributed by atoms with Gasteiger partial charge in [0.2, 0.25) is 11.7 Å². The fraction of sp³-hybridized carbons (Fsp3) is 0.192. The molecule has 2 unspecified atom stereocenters. The van der Waals surface area contributed by atoms with Gasteiger partial charge in [0, 0.05) is 23.1 Å². The van der Waals surface area contributed by atoms with Crippen molar-refractivity contribution in [1.82, 2.24) is 15.0 Å². The maximum Gasteiger partial charge on any atom is 0.257 e. The summed E-state index contributed by atoms with van der Waals surface area (Å²) in [6.07, 6.45) is -0.723. The molecule has 1 aliphatic heterocycles. The number of carbonyl (C=O) groups is 1. The van der Waals surface area contributed by atoms with Crippen molar-refractivity contribution in [2.45, 2.75) is 18.7 Å². The molecule has 2 heterocycles. The van der Waals surface area contributed by atoms with Crippen LogP contribution in [0.25, 0.3) is 11.4 Å². The highest BCUT2D eigenvalue weighted by Crippen LogP contribution is 2.40. The van der Waals surface area contributed by atoms with Crippen molar-refractivity contribution in [2.24, 2.45) is 0 Å².